The summed E-state index contributed by atoms with van der Waals surface area (Å²) in [5.41, 5.74) is 4.77. The van der Waals surface area contributed by atoms with Crippen LogP contribution in [0.15, 0.2) is 48.7 Å². The van der Waals surface area contributed by atoms with E-state index >= 15 is 0 Å². The Hall–Kier alpha value is -2.92. The number of nitrogens with one attached hydrogen (secondary N) is 1. The summed E-state index contributed by atoms with van der Waals surface area (Å²) in [5, 5.41) is 14.1. The number of fused-ring (bicyclic) bond motifs is 1. The van der Waals surface area contributed by atoms with Gasteiger partial charge in [0.25, 0.3) is 0 Å². The van der Waals surface area contributed by atoms with Gasteiger partial charge < -0.3 is 15.0 Å². The lowest BCUT2D eigenvalue weighted by Gasteiger charge is -2.23. The molecule has 2 aromatic carbocycles. The van der Waals surface area contributed by atoms with Gasteiger partial charge in [-0.15, -0.1) is 0 Å². The van der Waals surface area contributed by atoms with Crippen molar-refractivity contribution in [1.29, 1.82) is 0 Å². The van der Waals surface area contributed by atoms with Crippen molar-refractivity contribution in [1.82, 2.24) is 9.88 Å². The van der Waals surface area contributed by atoms with Crippen LogP contribution < -0.4 is 5.32 Å². The summed E-state index contributed by atoms with van der Waals surface area (Å²) in [5.74, 6) is 0.407. The van der Waals surface area contributed by atoms with Crippen molar-refractivity contribution in [3.05, 3.63) is 70.9 Å². The molecule has 1 aliphatic carbocycles. The highest BCUT2D eigenvalue weighted by Gasteiger charge is 2.26. The molecule has 2 fully saturated rings. The zero-order valence-corrected chi connectivity index (χ0v) is 22.0. The van der Waals surface area contributed by atoms with Crippen LogP contribution in [0.5, 0.6) is 0 Å². The summed E-state index contributed by atoms with van der Waals surface area (Å²) in [6.07, 6.45) is 11.8. The second-order valence-electron chi connectivity index (χ2n) is 11.4. The van der Waals surface area contributed by atoms with Gasteiger partial charge in [0, 0.05) is 42.4 Å². The molecule has 1 saturated heterocycles. The molecule has 37 heavy (non-hydrogen) atoms. The van der Waals surface area contributed by atoms with E-state index in [1.165, 1.54) is 37.7 Å². The minimum absolute atomic E-state index is 0.0896. The molecule has 1 unspecified atom stereocenters. The van der Waals surface area contributed by atoms with Crippen LogP contribution in [-0.2, 0) is 11.3 Å². The molecule has 1 saturated carbocycles. The molecule has 0 spiro atoms. The third-order valence-corrected chi connectivity index (χ3v) is 8.57. The number of carboxylic acids is 1. The van der Waals surface area contributed by atoms with Crippen molar-refractivity contribution in [3.63, 3.8) is 0 Å². The predicted octanol–water partition coefficient (Wildman–Crippen LogP) is 6.71. The first kappa shape index (κ1) is 25.7. The minimum Gasteiger partial charge on any atom is -0.478 e. The number of ketones is 1. The van der Waals surface area contributed by atoms with Crippen molar-refractivity contribution in [3.8, 4) is 0 Å². The minimum atomic E-state index is -0.915. The maximum Gasteiger partial charge on any atom is 0.335 e. The van der Waals surface area contributed by atoms with Crippen LogP contribution in [0.1, 0.15) is 90.8 Å². The third-order valence-electron chi connectivity index (χ3n) is 8.57. The highest BCUT2D eigenvalue weighted by Crippen LogP contribution is 2.38. The maximum absolute atomic E-state index is 13.5. The zero-order valence-electron chi connectivity index (χ0n) is 22.0. The lowest BCUT2D eigenvalue weighted by molar-refractivity contribution is -0.120. The van der Waals surface area contributed by atoms with Gasteiger partial charge >= 0.3 is 5.97 Å². The molecule has 5 heteroatoms. The molecule has 1 aromatic heterocycles. The third kappa shape index (κ3) is 6.15. The van der Waals surface area contributed by atoms with Crippen LogP contribution in [0.3, 0.4) is 0 Å². The number of carbonyl (C=O) groups is 2. The lowest BCUT2D eigenvalue weighted by Crippen LogP contribution is -2.29. The van der Waals surface area contributed by atoms with E-state index in [-0.39, 0.29) is 5.92 Å². The molecule has 1 atom stereocenters. The van der Waals surface area contributed by atoms with E-state index < -0.39 is 5.97 Å². The Kier molecular flexibility index (Phi) is 8.09. The number of nitrogens with zero attached hydrogens (tertiary/aromatic N) is 1. The molecule has 2 N–H and O–H groups in total. The average molecular weight is 501 g/mol. The fourth-order valence-corrected chi connectivity index (χ4v) is 6.55. The number of benzene rings is 2. The number of piperidine rings is 1. The number of aromatic nitrogens is 1. The molecule has 5 nitrogen and oxygen atoms in total. The number of rotatable bonds is 9. The van der Waals surface area contributed by atoms with Crippen molar-refractivity contribution in [2.24, 2.45) is 11.8 Å². The molecule has 2 aliphatic rings. The molecule has 3 aromatic rings. The number of carboxylic acid groups (broad SMARTS) is 1. The largest absolute Gasteiger partial charge is 0.478 e. The number of aromatic carboxylic acids is 1. The van der Waals surface area contributed by atoms with E-state index in [2.05, 4.69) is 47.3 Å². The van der Waals surface area contributed by atoms with E-state index in [1.807, 2.05) is 12.1 Å². The van der Waals surface area contributed by atoms with Crippen LogP contribution in [0, 0.1) is 18.8 Å². The van der Waals surface area contributed by atoms with Gasteiger partial charge in [-0.2, -0.15) is 0 Å². The van der Waals surface area contributed by atoms with Crippen molar-refractivity contribution < 1.29 is 14.7 Å². The van der Waals surface area contributed by atoms with Gasteiger partial charge in [0.05, 0.1) is 5.56 Å². The molecule has 5 rings (SSSR count). The van der Waals surface area contributed by atoms with Gasteiger partial charge in [-0.05, 0) is 86.9 Å². The first-order chi connectivity index (χ1) is 18.0. The second-order valence-corrected chi connectivity index (χ2v) is 11.4. The van der Waals surface area contributed by atoms with Gasteiger partial charge in [0.1, 0.15) is 5.78 Å². The van der Waals surface area contributed by atoms with Gasteiger partial charge in [-0.25, -0.2) is 4.79 Å². The Morgan fingerprint density at radius 3 is 2.51 bits per heavy atom. The summed E-state index contributed by atoms with van der Waals surface area (Å²) in [6.45, 7) is 5.02. The molecule has 0 amide bonds. The Morgan fingerprint density at radius 2 is 1.78 bits per heavy atom. The first-order valence-electron chi connectivity index (χ1n) is 14.1. The quantitative estimate of drug-likeness (QED) is 0.343. The summed E-state index contributed by atoms with van der Waals surface area (Å²) in [4.78, 5) is 25.4. The predicted molar refractivity (Wildman–Crippen MR) is 148 cm³/mol. The lowest BCUT2D eigenvalue weighted by atomic mass is 9.83. The maximum atomic E-state index is 13.5. The fraction of sp³-hybridized carbons (Fsp3) is 0.500. The fourth-order valence-electron chi connectivity index (χ4n) is 6.55. The van der Waals surface area contributed by atoms with Crippen molar-refractivity contribution in [2.45, 2.75) is 77.2 Å². The highest BCUT2D eigenvalue weighted by molar-refractivity contribution is 5.95. The SMILES string of the molecule is Cc1cccc(C(CC(=O)CC2CCNCC2)c2cn(CC3CCCCC3)c3ccc(C(=O)O)cc23)c1. The van der Waals surface area contributed by atoms with Crippen LogP contribution in [0.25, 0.3) is 10.9 Å². The number of aryl methyl sites for hydroxylation is 1. The van der Waals surface area contributed by atoms with Crippen LogP contribution in [0.4, 0.5) is 0 Å². The number of hydrogen-bond acceptors (Lipinski definition) is 3. The van der Waals surface area contributed by atoms with Gasteiger partial charge in [-0.3, -0.25) is 4.79 Å². The molecule has 196 valence electrons. The number of Topliss-reactive ketones (excluding diaryl/α,β-unsaturated/α-hetero) is 1. The number of carbonyl (C=O) groups excluding carboxylic acids is 1. The average Bonchev–Trinajstić information content (AvgIpc) is 3.25. The van der Waals surface area contributed by atoms with E-state index in [4.69, 9.17) is 0 Å². The monoisotopic (exact) mass is 500 g/mol. The van der Waals surface area contributed by atoms with Gasteiger partial charge in [-0.1, -0.05) is 49.1 Å². The van der Waals surface area contributed by atoms with E-state index in [0.717, 1.165) is 54.5 Å². The number of hydrogen-bond donors (Lipinski definition) is 2. The normalized spacial score (nSPS) is 18.2. The van der Waals surface area contributed by atoms with Crippen LogP contribution in [0.2, 0.25) is 0 Å². The standard InChI is InChI=1S/C32H40N2O3/c1-22-6-5-9-25(16-22)28(19-27(35)17-23-12-14-33-15-13-23)30-21-34(20-24-7-3-2-4-8-24)31-11-10-26(32(36)37)18-29(30)31/h5-6,9-11,16,18,21,23-24,28,33H,2-4,7-8,12-15,17,19-20H2,1H3,(H,36,37). The Balaban J connectivity index is 1.54. The highest BCUT2D eigenvalue weighted by atomic mass is 16.4. The molecular weight excluding hydrogens is 460 g/mol. The molecule has 0 bridgehead atoms. The Bertz CT molecular complexity index is 1250. The zero-order chi connectivity index (χ0) is 25.8. The topological polar surface area (TPSA) is 71.3 Å². The molecule has 0 radical (unpaired) electrons. The summed E-state index contributed by atoms with van der Waals surface area (Å²) in [7, 11) is 0. The van der Waals surface area contributed by atoms with Crippen molar-refractivity contribution >= 4 is 22.7 Å². The Morgan fingerprint density at radius 1 is 1.00 bits per heavy atom. The van der Waals surface area contributed by atoms with E-state index in [9.17, 15) is 14.7 Å². The first-order valence-corrected chi connectivity index (χ1v) is 14.1. The van der Waals surface area contributed by atoms with Gasteiger partial charge in [0.15, 0.2) is 0 Å². The second kappa shape index (κ2) is 11.6. The summed E-state index contributed by atoms with van der Waals surface area (Å²) in [6, 6.07) is 14.0. The molecule has 2 heterocycles. The van der Waals surface area contributed by atoms with E-state index in [0.29, 0.717) is 36.0 Å². The van der Waals surface area contributed by atoms with Crippen molar-refractivity contribution in [2.75, 3.05) is 13.1 Å². The smallest absolute Gasteiger partial charge is 0.335 e. The summed E-state index contributed by atoms with van der Waals surface area (Å²) >= 11 is 0. The molecule has 1 aliphatic heterocycles. The van der Waals surface area contributed by atoms with Gasteiger partial charge in [0.2, 0.25) is 0 Å². The van der Waals surface area contributed by atoms with Crippen LogP contribution in [-0.4, -0.2) is 34.5 Å². The Labute approximate surface area is 220 Å². The van der Waals surface area contributed by atoms with Crippen LogP contribution >= 0.6 is 0 Å². The van der Waals surface area contributed by atoms with E-state index in [1.54, 1.807) is 6.07 Å². The molecular formula is C32H40N2O3. The summed E-state index contributed by atoms with van der Waals surface area (Å²) < 4.78 is 2.34.